The van der Waals surface area contributed by atoms with Gasteiger partial charge in [0.2, 0.25) is 0 Å². The summed E-state index contributed by atoms with van der Waals surface area (Å²) in [7, 11) is 0. The normalized spacial score (nSPS) is 20.7. The third-order valence-corrected chi connectivity index (χ3v) is 3.59. The average molecular weight is 225 g/mol. The van der Waals surface area contributed by atoms with Crippen molar-refractivity contribution in [3.05, 3.63) is 42.2 Å². The van der Waals surface area contributed by atoms with Crippen molar-refractivity contribution in [2.75, 3.05) is 0 Å². The van der Waals surface area contributed by atoms with Crippen LogP contribution in [0.4, 0.5) is 0 Å². The number of carbonyl (C=O) groups excluding carboxylic acids is 1. The van der Waals surface area contributed by atoms with Crippen LogP contribution >= 0.6 is 0 Å². The summed E-state index contributed by atoms with van der Waals surface area (Å²) in [6.45, 7) is 0. The second-order valence-electron chi connectivity index (χ2n) is 4.68. The number of fused-ring (bicyclic) bond motifs is 1. The minimum absolute atomic E-state index is 0.0230. The Labute approximate surface area is 101 Å². The summed E-state index contributed by atoms with van der Waals surface area (Å²) in [5.74, 6) is 0.384. The van der Waals surface area contributed by atoms with Crippen LogP contribution in [0.25, 0.3) is 10.8 Å². The summed E-state index contributed by atoms with van der Waals surface area (Å²) in [4.78, 5) is 16.5. The van der Waals surface area contributed by atoms with E-state index in [0.29, 0.717) is 5.78 Å². The van der Waals surface area contributed by atoms with E-state index in [1.54, 1.807) is 0 Å². The van der Waals surface area contributed by atoms with E-state index in [9.17, 15) is 4.79 Å². The van der Waals surface area contributed by atoms with E-state index < -0.39 is 0 Å². The number of aromatic nitrogens is 1. The number of benzene rings is 1. The molecule has 3 rings (SSSR count). The highest BCUT2D eigenvalue weighted by atomic mass is 16.1. The molecule has 1 fully saturated rings. The van der Waals surface area contributed by atoms with Gasteiger partial charge in [-0.3, -0.25) is 9.78 Å². The number of hydrogen-bond donors (Lipinski definition) is 0. The molecule has 1 atom stereocenters. The Morgan fingerprint density at radius 1 is 1.12 bits per heavy atom. The maximum Gasteiger partial charge on any atom is 0.141 e. The van der Waals surface area contributed by atoms with E-state index in [1.165, 1.54) is 5.39 Å². The highest BCUT2D eigenvalue weighted by Crippen LogP contribution is 2.32. The van der Waals surface area contributed by atoms with Gasteiger partial charge in [-0.2, -0.15) is 0 Å². The van der Waals surface area contributed by atoms with Crippen molar-refractivity contribution in [2.45, 2.75) is 31.6 Å². The molecule has 1 aromatic carbocycles. The fourth-order valence-corrected chi connectivity index (χ4v) is 2.69. The molecule has 2 aromatic rings. The lowest BCUT2D eigenvalue weighted by molar-refractivity contribution is -0.121. The second-order valence-corrected chi connectivity index (χ2v) is 4.68. The van der Waals surface area contributed by atoms with Gasteiger partial charge in [0.25, 0.3) is 0 Å². The first kappa shape index (κ1) is 10.5. The first-order valence-corrected chi connectivity index (χ1v) is 6.22. The van der Waals surface area contributed by atoms with Crippen LogP contribution < -0.4 is 0 Å². The lowest BCUT2D eigenvalue weighted by Crippen LogP contribution is -2.18. The zero-order valence-corrected chi connectivity index (χ0v) is 9.73. The summed E-state index contributed by atoms with van der Waals surface area (Å²) in [6.07, 6.45) is 5.68. The monoisotopic (exact) mass is 225 g/mol. The minimum Gasteiger partial charge on any atom is -0.299 e. The van der Waals surface area contributed by atoms with E-state index >= 15 is 0 Å². The summed E-state index contributed by atoms with van der Waals surface area (Å²) in [6, 6.07) is 10.2. The van der Waals surface area contributed by atoms with Crippen molar-refractivity contribution in [2.24, 2.45) is 0 Å². The van der Waals surface area contributed by atoms with Crippen LogP contribution in [0.5, 0.6) is 0 Å². The molecule has 0 unspecified atom stereocenters. The molecule has 0 saturated heterocycles. The van der Waals surface area contributed by atoms with E-state index in [-0.39, 0.29) is 5.92 Å². The number of rotatable bonds is 1. The van der Waals surface area contributed by atoms with Crippen molar-refractivity contribution >= 4 is 16.6 Å². The molecule has 0 amide bonds. The SMILES string of the molecule is O=C1CCCC[C@H]1c1nccc2ccccc12. The third kappa shape index (κ3) is 1.84. The van der Waals surface area contributed by atoms with Crippen molar-refractivity contribution in [1.82, 2.24) is 4.98 Å². The molecular formula is C15H15NO. The Kier molecular flexibility index (Phi) is 2.63. The lowest BCUT2D eigenvalue weighted by Gasteiger charge is -2.21. The van der Waals surface area contributed by atoms with Crippen LogP contribution in [0.1, 0.15) is 37.3 Å². The topological polar surface area (TPSA) is 30.0 Å². The van der Waals surface area contributed by atoms with Crippen molar-refractivity contribution in [3.8, 4) is 0 Å². The highest BCUT2D eigenvalue weighted by Gasteiger charge is 2.26. The van der Waals surface area contributed by atoms with Crippen LogP contribution in [0.2, 0.25) is 0 Å². The lowest BCUT2D eigenvalue weighted by atomic mass is 9.84. The van der Waals surface area contributed by atoms with Gasteiger partial charge >= 0.3 is 0 Å². The maximum absolute atomic E-state index is 12.0. The van der Waals surface area contributed by atoms with Crippen LogP contribution in [-0.2, 0) is 4.79 Å². The van der Waals surface area contributed by atoms with Crippen molar-refractivity contribution < 1.29 is 4.79 Å². The van der Waals surface area contributed by atoms with Crippen molar-refractivity contribution in [1.29, 1.82) is 0 Å². The van der Waals surface area contributed by atoms with Crippen LogP contribution in [-0.4, -0.2) is 10.8 Å². The smallest absolute Gasteiger partial charge is 0.141 e. The fraction of sp³-hybridized carbons (Fsp3) is 0.333. The molecule has 2 heteroatoms. The standard InChI is InChI=1S/C15H15NO/c17-14-8-4-3-7-13(14)15-12-6-2-1-5-11(12)9-10-16-15/h1-2,5-6,9-10,13H,3-4,7-8H2/t13-/m1/s1. The molecule has 2 nitrogen and oxygen atoms in total. The molecule has 0 N–H and O–H groups in total. The number of Topliss-reactive ketones (excluding diaryl/α,β-unsaturated/α-hetero) is 1. The van der Waals surface area contributed by atoms with E-state index in [4.69, 9.17) is 0 Å². The van der Waals surface area contributed by atoms with Crippen LogP contribution in [0.15, 0.2) is 36.5 Å². The summed E-state index contributed by atoms with van der Waals surface area (Å²) >= 11 is 0. The van der Waals surface area contributed by atoms with Crippen LogP contribution in [0, 0.1) is 0 Å². The largest absolute Gasteiger partial charge is 0.299 e. The van der Waals surface area contributed by atoms with Gasteiger partial charge in [0.1, 0.15) is 5.78 Å². The quantitative estimate of drug-likeness (QED) is 0.744. The third-order valence-electron chi connectivity index (χ3n) is 3.59. The van der Waals surface area contributed by atoms with E-state index in [1.807, 2.05) is 24.4 Å². The van der Waals surface area contributed by atoms with Gasteiger partial charge in [0.05, 0.1) is 11.6 Å². The molecule has 0 bridgehead atoms. The number of hydrogen-bond acceptors (Lipinski definition) is 2. The molecule has 86 valence electrons. The molecular weight excluding hydrogens is 210 g/mol. The molecule has 1 aromatic heterocycles. The molecule has 1 saturated carbocycles. The summed E-state index contributed by atoms with van der Waals surface area (Å²) < 4.78 is 0. The highest BCUT2D eigenvalue weighted by molar-refractivity contribution is 5.92. The Balaban J connectivity index is 2.13. The molecule has 0 spiro atoms. The summed E-state index contributed by atoms with van der Waals surface area (Å²) in [5.41, 5.74) is 0.979. The van der Waals surface area contributed by atoms with Crippen molar-refractivity contribution in [3.63, 3.8) is 0 Å². The van der Waals surface area contributed by atoms with E-state index in [0.717, 1.165) is 36.8 Å². The molecule has 1 aliphatic carbocycles. The molecule has 0 aliphatic heterocycles. The molecule has 1 aliphatic rings. The Morgan fingerprint density at radius 3 is 2.88 bits per heavy atom. The average Bonchev–Trinajstić information content (AvgIpc) is 2.39. The Hall–Kier alpha value is -1.70. The van der Waals surface area contributed by atoms with E-state index in [2.05, 4.69) is 17.1 Å². The Morgan fingerprint density at radius 2 is 2.00 bits per heavy atom. The predicted octanol–water partition coefficient (Wildman–Crippen LogP) is 3.46. The van der Waals surface area contributed by atoms with Gasteiger partial charge in [-0.15, -0.1) is 0 Å². The fourth-order valence-electron chi connectivity index (χ4n) is 2.69. The summed E-state index contributed by atoms with van der Waals surface area (Å²) in [5, 5.41) is 2.31. The number of carbonyl (C=O) groups is 1. The number of pyridine rings is 1. The number of ketones is 1. The zero-order valence-electron chi connectivity index (χ0n) is 9.73. The first-order chi connectivity index (χ1) is 8.36. The van der Waals surface area contributed by atoms with Gasteiger partial charge in [-0.25, -0.2) is 0 Å². The van der Waals surface area contributed by atoms with Gasteiger partial charge in [0, 0.05) is 18.0 Å². The second kappa shape index (κ2) is 4.28. The molecule has 17 heavy (non-hydrogen) atoms. The van der Waals surface area contributed by atoms with Gasteiger partial charge in [-0.05, 0) is 24.3 Å². The Bertz CT molecular complexity index is 556. The van der Waals surface area contributed by atoms with Gasteiger partial charge in [-0.1, -0.05) is 30.7 Å². The minimum atomic E-state index is 0.0230. The van der Waals surface area contributed by atoms with Gasteiger partial charge < -0.3 is 0 Å². The first-order valence-electron chi connectivity index (χ1n) is 6.22. The number of nitrogens with zero attached hydrogens (tertiary/aromatic N) is 1. The molecule has 0 radical (unpaired) electrons. The molecule has 1 heterocycles. The van der Waals surface area contributed by atoms with Gasteiger partial charge in [0.15, 0.2) is 0 Å². The maximum atomic E-state index is 12.0. The predicted molar refractivity (Wildman–Crippen MR) is 68.0 cm³/mol. The van der Waals surface area contributed by atoms with Crippen LogP contribution in [0.3, 0.4) is 0 Å². The zero-order chi connectivity index (χ0) is 11.7.